The molecule has 0 saturated heterocycles. The third-order valence-electron chi connectivity index (χ3n) is 4.07. The molecule has 7 heteroatoms. The van der Waals surface area contributed by atoms with Crippen LogP contribution in [0.15, 0.2) is 52.4 Å². The van der Waals surface area contributed by atoms with Gasteiger partial charge in [0.1, 0.15) is 0 Å². The Morgan fingerprint density at radius 1 is 0.889 bits per heavy atom. The Hall–Kier alpha value is -1.98. The summed E-state index contributed by atoms with van der Waals surface area (Å²) in [6.45, 7) is 2.92. The topological polar surface area (TPSA) is 88.8 Å². The van der Waals surface area contributed by atoms with Crippen LogP contribution in [0.2, 0.25) is 0 Å². The Labute approximate surface area is 174 Å². The fourth-order valence-electron chi connectivity index (χ4n) is 2.74. The van der Waals surface area contributed by atoms with Crippen LogP contribution in [0, 0.1) is 0 Å². The average molecular weight is 412 g/mol. The molecular formula is C20H31Cl2N5. The van der Waals surface area contributed by atoms with Gasteiger partial charge in [0.05, 0.1) is 0 Å². The first-order chi connectivity index (χ1) is 12.2. The van der Waals surface area contributed by atoms with Gasteiger partial charge < -0.3 is 16.8 Å². The van der Waals surface area contributed by atoms with E-state index >= 15 is 0 Å². The molecule has 0 unspecified atom stereocenters. The molecule has 0 amide bonds. The monoisotopic (exact) mass is 411 g/mol. The van der Waals surface area contributed by atoms with Gasteiger partial charge in [-0.05, 0) is 17.9 Å². The third kappa shape index (κ3) is 8.98. The second kappa shape index (κ2) is 14.1. The van der Waals surface area contributed by atoms with Crippen molar-refractivity contribution >= 4 is 53.2 Å². The summed E-state index contributed by atoms with van der Waals surface area (Å²) < 4.78 is 0. The molecule has 5 nitrogen and oxygen atoms in total. The van der Waals surface area contributed by atoms with Crippen molar-refractivity contribution in [2.24, 2.45) is 21.5 Å². The van der Waals surface area contributed by atoms with Crippen molar-refractivity contribution in [3.05, 3.63) is 42.5 Å². The number of rotatable bonds is 8. The van der Waals surface area contributed by atoms with E-state index in [-0.39, 0.29) is 36.7 Å². The van der Waals surface area contributed by atoms with Crippen LogP contribution in [-0.4, -0.2) is 18.5 Å². The number of nitrogens with zero attached hydrogens (tertiary/aromatic N) is 2. The SMILES string of the molecule is CCCCCCCCN=C(N)N=C(N)Nc1cccc2ccccc12.Cl.Cl. The van der Waals surface area contributed by atoms with Crippen molar-refractivity contribution in [2.75, 3.05) is 11.9 Å². The van der Waals surface area contributed by atoms with Gasteiger partial charge in [0.15, 0.2) is 0 Å². The van der Waals surface area contributed by atoms with Crippen LogP contribution in [0.4, 0.5) is 5.69 Å². The lowest BCUT2D eigenvalue weighted by atomic mass is 10.1. The number of hydrogen-bond acceptors (Lipinski definition) is 1. The maximum absolute atomic E-state index is 5.96. The number of unbranched alkanes of at least 4 members (excludes halogenated alkanes) is 5. The predicted octanol–water partition coefficient (Wildman–Crippen LogP) is 5.09. The van der Waals surface area contributed by atoms with Crippen LogP contribution < -0.4 is 16.8 Å². The van der Waals surface area contributed by atoms with Crippen LogP contribution in [-0.2, 0) is 0 Å². The van der Waals surface area contributed by atoms with E-state index in [1.807, 2.05) is 30.3 Å². The zero-order valence-electron chi connectivity index (χ0n) is 15.9. The van der Waals surface area contributed by atoms with Gasteiger partial charge in [-0.25, -0.2) is 0 Å². The summed E-state index contributed by atoms with van der Waals surface area (Å²) in [4.78, 5) is 8.41. The summed E-state index contributed by atoms with van der Waals surface area (Å²) in [6, 6.07) is 14.1. The minimum Gasteiger partial charge on any atom is -0.369 e. The van der Waals surface area contributed by atoms with Gasteiger partial charge in [-0.1, -0.05) is 75.4 Å². The highest BCUT2D eigenvalue weighted by molar-refractivity contribution is 6.06. The van der Waals surface area contributed by atoms with Crippen molar-refractivity contribution in [1.82, 2.24) is 0 Å². The summed E-state index contributed by atoms with van der Waals surface area (Å²) in [5, 5.41) is 5.34. The molecule has 0 fully saturated rings. The molecule has 0 bridgehead atoms. The summed E-state index contributed by atoms with van der Waals surface area (Å²) >= 11 is 0. The quantitative estimate of drug-likeness (QED) is 0.321. The molecule has 2 rings (SSSR count). The Morgan fingerprint density at radius 3 is 2.33 bits per heavy atom. The van der Waals surface area contributed by atoms with Crippen LogP contribution >= 0.6 is 24.8 Å². The molecule has 5 N–H and O–H groups in total. The highest BCUT2D eigenvalue weighted by atomic mass is 35.5. The first-order valence-corrected chi connectivity index (χ1v) is 9.09. The van der Waals surface area contributed by atoms with Gasteiger partial charge in [0, 0.05) is 17.6 Å². The standard InChI is InChI=1S/C20H29N5.2ClH/c1-2-3-4-5-6-9-15-23-19(21)25-20(22)24-18-14-10-12-16-11-7-8-13-17(16)18;;/h7-8,10-14H,2-6,9,15H2,1H3,(H5,21,22,23,24,25);2*1H. The first kappa shape index (κ1) is 25.0. The zero-order chi connectivity index (χ0) is 17.9. The highest BCUT2D eigenvalue weighted by Gasteiger charge is 2.01. The van der Waals surface area contributed by atoms with Crippen molar-refractivity contribution in [2.45, 2.75) is 45.4 Å². The van der Waals surface area contributed by atoms with Gasteiger partial charge in [-0.15, -0.1) is 24.8 Å². The number of benzene rings is 2. The maximum atomic E-state index is 5.96. The first-order valence-electron chi connectivity index (χ1n) is 9.09. The Balaban J connectivity index is 0.00000338. The highest BCUT2D eigenvalue weighted by Crippen LogP contribution is 2.22. The third-order valence-corrected chi connectivity index (χ3v) is 4.07. The summed E-state index contributed by atoms with van der Waals surface area (Å²) in [5.41, 5.74) is 12.7. The number of nitrogens with two attached hydrogens (primary N) is 2. The molecule has 150 valence electrons. The lowest BCUT2D eigenvalue weighted by molar-refractivity contribution is 0.612. The fraction of sp³-hybridized carbons (Fsp3) is 0.400. The lowest BCUT2D eigenvalue weighted by Crippen LogP contribution is -2.26. The normalized spacial score (nSPS) is 11.6. The second-order valence-electron chi connectivity index (χ2n) is 6.16. The molecule has 0 spiro atoms. The zero-order valence-corrected chi connectivity index (χ0v) is 17.5. The van der Waals surface area contributed by atoms with E-state index in [4.69, 9.17) is 11.5 Å². The van der Waals surface area contributed by atoms with Crippen molar-refractivity contribution in [3.8, 4) is 0 Å². The van der Waals surface area contributed by atoms with Gasteiger partial charge in [0.25, 0.3) is 0 Å². The van der Waals surface area contributed by atoms with E-state index in [2.05, 4.69) is 34.4 Å². The average Bonchev–Trinajstić information content (AvgIpc) is 2.61. The minimum absolute atomic E-state index is 0. The molecule has 0 saturated carbocycles. The Kier molecular flexibility index (Phi) is 13.1. The smallest absolute Gasteiger partial charge is 0.218 e. The number of hydrogen-bond donors (Lipinski definition) is 3. The van der Waals surface area contributed by atoms with E-state index in [1.54, 1.807) is 0 Å². The van der Waals surface area contributed by atoms with Gasteiger partial charge in [-0.2, -0.15) is 4.99 Å². The number of guanidine groups is 2. The van der Waals surface area contributed by atoms with E-state index in [0.29, 0.717) is 6.54 Å². The molecule has 0 atom stereocenters. The Bertz CT molecular complexity index is 726. The molecule has 0 aliphatic rings. The molecular weight excluding hydrogens is 381 g/mol. The fourth-order valence-corrected chi connectivity index (χ4v) is 2.74. The van der Waals surface area contributed by atoms with Gasteiger partial charge in [-0.3, -0.25) is 4.99 Å². The lowest BCUT2D eigenvalue weighted by Gasteiger charge is -2.08. The van der Waals surface area contributed by atoms with Crippen molar-refractivity contribution < 1.29 is 0 Å². The summed E-state index contributed by atoms with van der Waals surface area (Å²) in [6.07, 6.45) is 7.36. The van der Waals surface area contributed by atoms with Gasteiger partial charge >= 0.3 is 0 Å². The summed E-state index contributed by atoms with van der Waals surface area (Å²) in [5.74, 6) is 0.472. The van der Waals surface area contributed by atoms with Gasteiger partial charge in [0.2, 0.25) is 11.9 Å². The largest absolute Gasteiger partial charge is 0.369 e. The number of aliphatic imine (C=N–C) groups is 2. The van der Waals surface area contributed by atoms with Crippen LogP contribution in [0.5, 0.6) is 0 Å². The van der Waals surface area contributed by atoms with E-state index in [0.717, 1.165) is 22.9 Å². The van der Waals surface area contributed by atoms with Crippen LogP contribution in [0.25, 0.3) is 10.8 Å². The van der Waals surface area contributed by atoms with Crippen molar-refractivity contribution in [1.29, 1.82) is 0 Å². The molecule has 27 heavy (non-hydrogen) atoms. The number of halogens is 2. The van der Waals surface area contributed by atoms with Crippen LogP contribution in [0.1, 0.15) is 45.4 Å². The minimum atomic E-state index is 0. The number of nitrogens with one attached hydrogen (secondary N) is 1. The van der Waals surface area contributed by atoms with E-state index in [9.17, 15) is 0 Å². The molecule has 0 radical (unpaired) electrons. The maximum Gasteiger partial charge on any atom is 0.218 e. The molecule has 0 aromatic heterocycles. The van der Waals surface area contributed by atoms with E-state index in [1.165, 1.54) is 32.1 Å². The Morgan fingerprint density at radius 2 is 1.56 bits per heavy atom. The predicted molar refractivity (Wildman–Crippen MR) is 124 cm³/mol. The molecule has 0 aliphatic heterocycles. The molecule has 2 aromatic rings. The molecule has 0 aliphatic carbocycles. The summed E-state index contributed by atoms with van der Waals surface area (Å²) in [7, 11) is 0. The molecule has 2 aromatic carbocycles. The van der Waals surface area contributed by atoms with Crippen molar-refractivity contribution in [3.63, 3.8) is 0 Å². The van der Waals surface area contributed by atoms with E-state index < -0.39 is 0 Å². The molecule has 0 heterocycles. The van der Waals surface area contributed by atoms with Crippen LogP contribution in [0.3, 0.4) is 0 Å². The number of anilines is 1. The number of fused-ring (bicyclic) bond motifs is 1. The second-order valence-corrected chi connectivity index (χ2v) is 6.16.